The molecule has 0 saturated heterocycles. The summed E-state index contributed by atoms with van der Waals surface area (Å²) < 4.78 is 9.43. The Hall–Kier alpha value is -2.25. The topological polar surface area (TPSA) is 71.1 Å². The normalized spacial score (nSPS) is 11.2. The number of rotatable bonds is 4. The van der Waals surface area contributed by atoms with Crippen molar-refractivity contribution in [2.75, 3.05) is 6.61 Å². The fraction of sp³-hybridized carbons (Fsp3) is 0.312. The largest absolute Gasteiger partial charge is 0.478 e. The zero-order valence-electron chi connectivity index (χ0n) is 13.9. The minimum atomic E-state index is -0.482. The summed E-state index contributed by atoms with van der Waals surface area (Å²) >= 11 is 12.1. The number of aryl methyl sites for hydroxylation is 1. The molecule has 3 aromatic rings. The average molecular weight is 383 g/mol. The summed E-state index contributed by atoms with van der Waals surface area (Å²) in [4.78, 5) is 25.2. The van der Waals surface area contributed by atoms with Crippen LogP contribution in [0, 0.1) is 0 Å². The summed E-state index contributed by atoms with van der Waals surface area (Å²) in [5.74, 6) is 0.328. The molecule has 0 bridgehead atoms. The monoisotopic (exact) mass is 382 g/mol. The number of nitrogens with zero attached hydrogens (tertiary/aromatic N) is 4. The summed E-state index contributed by atoms with van der Waals surface area (Å²) in [7, 11) is 3.08. The van der Waals surface area contributed by atoms with E-state index < -0.39 is 11.2 Å². The third-order valence-corrected chi connectivity index (χ3v) is 4.48. The first-order valence-corrected chi connectivity index (χ1v) is 8.34. The number of hydrogen-bond acceptors (Lipinski definition) is 4. The molecule has 7 nitrogen and oxygen atoms in total. The van der Waals surface area contributed by atoms with Crippen LogP contribution in [-0.2, 0) is 20.6 Å². The van der Waals surface area contributed by atoms with Gasteiger partial charge in [0.05, 0.1) is 13.2 Å². The zero-order valence-corrected chi connectivity index (χ0v) is 15.4. The zero-order chi connectivity index (χ0) is 18.3. The maximum Gasteiger partial charge on any atom is 0.332 e. The van der Waals surface area contributed by atoms with Crippen molar-refractivity contribution in [3.63, 3.8) is 0 Å². The van der Waals surface area contributed by atoms with Crippen LogP contribution in [0.5, 0.6) is 5.88 Å². The van der Waals surface area contributed by atoms with Crippen molar-refractivity contribution in [1.82, 2.24) is 18.9 Å². The number of hydrogen-bond donors (Lipinski definition) is 0. The van der Waals surface area contributed by atoms with Crippen molar-refractivity contribution >= 4 is 34.2 Å². The van der Waals surface area contributed by atoms with Crippen LogP contribution in [0.3, 0.4) is 0 Å². The predicted octanol–water partition coefficient (Wildman–Crippen LogP) is 2.19. The molecule has 0 amide bonds. The number of fused-ring (bicyclic) bond motifs is 1. The summed E-state index contributed by atoms with van der Waals surface area (Å²) in [6, 6.07) is 5.03. The Morgan fingerprint density at radius 3 is 2.56 bits per heavy atom. The van der Waals surface area contributed by atoms with E-state index in [-0.39, 0.29) is 17.6 Å². The van der Waals surface area contributed by atoms with Gasteiger partial charge in [0, 0.05) is 24.1 Å². The minimum absolute atomic E-state index is 0.155. The summed E-state index contributed by atoms with van der Waals surface area (Å²) in [5, 5.41) is 5.51. The maximum atomic E-state index is 12.6. The number of ether oxygens (including phenoxy) is 1. The molecule has 1 aromatic carbocycles. The van der Waals surface area contributed by atoms with E-state index in [4.69, 9.17) is 27.9 Å². The van der Waals surface area contributed by atoms with Gasteiger partial charge in [-0.3, -0.25) is 13.9 Å². The fourth-order valence-corrected chi connectivity index (χ4v) is 3.13. The fourth-order valence-electron chi connectivity index (χ4n) is 2.66. The van der Waals surface area contributed by atoms with Crippen LogP contribution in [0.4, 0.5) is 0 Å². The molecule has 132 valence electrons. The van der Waals surface area contributed by atoms with Gasteiger partial charge in [-0.1, -0.05) is 29.3 Å². The van der Waals surface area contributed by atoms with E-state index in [1.165, 1.54) is 16.3 Å². The molecule has 9 heteroatoms. The smallest absolute Gasteiger partial charge is 0.332 e. The molecule has 0 aliphatic heterocycles. The first kappa shape index (κ1) is 17.6. The lowest BCUT2D eigenvalue weighted by Crippen LogP contribution is -2.38. The molecule has 0 radical (unpaired) electrons. The highest BCUT2D eigenvalue weighted by Gasteiger charge is 2.21. The van der Waals surface area contributed by atoms with Gasteiger partial charge >= 0.3 is 5.69 Å². The van der Waals surface area contributed by atoms with Crippen LogP contribution < -0.4 is 16.0 Å². The van der Waals surface area contributed by atoms with Crippen molar-refractivity contribution in [2.45, 2.75) is 13.5 Å². The summed E-state index contributed by atoms with van der Waals surface area (Å²) in [6.45, 7) is 2.34. The second-order valence-electron chi connectivity index (χ2n) is 5.53. The average Bonchev–Trinajstić information content (AvgIpc) is 2.88. The van der Waals surface area contributed by atoms with E-state index >= 15 is 0 Å². The molecule has 2 heterocycles. The van der Waals surface area contributed by atoms with Crippen molar-refractivity contribution in [3.8, 4) is 5.88 Å². The summed E-state index contributed by atoms with van der Waals surface area (Å²) in [5.41, 5.74) is 0.0152. The van der Waals surface area contributed by atoms with E-state index in [1.54, 1.807) is 25.2 Å². The lowest BCUT2D eigenvalue weighted by atomic mass is 10.2. The molecule has 2 aromatic heterocycles. The minimum Gasteiger partial charge on any atom is -0.478 e. The van der Waals surface area contributed by atoms with E-state index in [2.05, 4.69) is 5.10 Å². The Morgan fingerprint density at radius 2 is 1.92 bits per heavy atom. The van der Waals surface area contributed by atoms with E-state index in [1.807, 2.05) is 6.92 Å². The molecular formula is C16H16Cl2N4O3. The molecule has 0 aliphatic rings. The second kappa shape index (κ2) is 6.57. The van der Waals surface area contributed by atoms with Crippen LogP contribution >= 0.6 is 23.2 Å². The maximum absolute atomic E-state index is 12.6. The van der Waals surface area contributed by atoms with Gasteiger partial charge in [-0.05, 0) is 24.6 Å². The van der Waals surface area contributed by atoms with Gasteiger partial charge in [-0.25, -0.2) is 9.48 Å². The highest BCUT2D eigenvalue weighted by molar-refractivity contribution is 6.35. The summed E-state index contributed by atoms with van der Waals surface area (Å²) in [6.07, 6.45) is 0. The van der Waals surface area contributed by atoms with Gasteiger partial charge in [-0.2, -0.15) is 5.10 Å². The molecule has 0 saturated carbocycles. The molecule has 0 spiro atoms. The van der Waals surface area contributed by atoms with E-state index in [0.29, 0.717) is 28.1 Å². The highest BCUT2D eigenvalue weighted by Crippen LogP contribution is 2.24. The molecule has 0 unspecified atom stereocenters. The predicted molar refractivity (Wildman–Crippen MR) is 96.9 cm³/mol. The van der Waals surface area contributed by atoms with Gasteiger partial charge in [0.1, 0.15) is 5.39 Å². The molecular weight excluding hydrogens is 367 g/mol. The molecule has 0 N–H and O–H groups in total. The Balaban J connectivity index is 2.29. The Morgan fingerprint density at radius 1 is 1.20 bits per heavy atom. The highest BCUT2D eigenvalue weighted by atomic mass is 35.5. The number of benzene rings is 1. The Bertz CT molecular complexity index is 1080. The van der Waals surface area contributed by atoms with Gasteiger partial charge in [0.15, 0.2) is 5.65 Å². The van der Waals surface area contributed by atoms with E-state index in [0.717, 1.165) is 4.57 Å². The molecule has 0 aliphatic carbocycles. The lowest BCUT2D eigenvalue weighted by molar-refractivity contribution is 0.313. The van der Waals surface area contributed by atoms with Gasteiger partial charge in [-0.15, -0.1) is 0 Å². The molecule has 3 rings (SSSR count). The Kier molecular flexibility index (Phi) is 4.62. The van der Waals surface area contributed by atoms with Crippen LogP contribution in [0.1, 0.15) is 12.5 Å². The van der Waals surface area contributed by atoms with Gasteiger partial charge in [0.25, 0.3) is 5.56 Å². The van der Waals surface area contributed by atoms with Crippen LogP contribution in [-0.4, -0.2) is 25.5 Å². The first-order chi connectivity index (χ1) is 11.8. The first-order valence-electron chi connectivity index (χ1n) is 7.58. The molecule has 0 fully saturated rings. The standard InChI is InChI=1S/C16H16Cl2N4O3/c1-4-25-15-12-13(19-21(15)3)22(16(24)20(2)14(12)23)8-9-5-6-10(17)7-11(9)18/h5-7H,4,8H2,1-3H3. The number of aromatic nitrogens is 4. The number of halogens is 2. The van der Waals surface area contributed by atoms with Gasteiger partial charge in [0.2, 0.25) is 5.88 Å². The van der Waals surface area contributed by atoms with Gasteiger partial charge < -0.3 is 4.74 Å². The molecule has 0 atom stereocenters. The van der Waals surface area contributed by atoms with Crippen molar-refractivity contribution in [2.24, 2.45) is 14.1 Å². The van der Waals surface area contributed by atoms with Crippen LogP contribution in [0.25, 0.3) is 11.0 Å². The van der Waals surface area contributed by atoms with Crippen molar-refractivity contribution in [3.05, 3.63) is 54.6 Å². The van der Waals surface area contributed by atoms with E-state index in [9.17, 15) is 9.59 Å². The molecule has 25 heavy (non-hydrogen) atoms. The third kappa shape index (κ3) is 2.94. The van der Waals surface area contributed by atoms with Crippen LogP contribution in [0.15, 0.2) is 27.8 Å². The third-order valence-electron chi connectivity index (χ3n) is 3.89. The second-order valence-corrected chi connectivity index (χ2v) is 6.37. The quantitative estimate of drug-likeness (QED) is 0.693. The van der Waals surface area contributed by atoms with Crippen LogP contribution in [0.2, 0.25) is 10.0 Å². The lowest BCUT2D eigenvalue weighted by Gasteiger charge is -2.10. The van der Waals surface area contributed by atoms with Crippen molar-refractivity contribution < 1.29 is 4.74 Å². The Labute approximate surface area is 153 Å². The SMILES string of the molecule is CCOc1c2c(=O)n(C)c(=O)n(Cc3ccc(Cl)cc3Cl)c2nn1C. The van der Waals surface area contributed by atoms with Crippen molar-refractivity contribution in [1.29, 1.82) is 0 Å².